The fourth-order valence-electron chi connectivity index (χ4n) is 1.83. The lowest BCUT2D eigenvalue weighted by atomic mass is 10.1. The molecule has 0 amide bonds. The zero-order valence-corrected chi connectivity index (χ0v) is 14.9. The highest BCUT2D eigenvalue weighted by atomic mass is 79.9. The van der Waals surface area contributed by atoms with E-state index in [1.54, 1.807) is 0 Å². The standard InChI is InChI=1S/C14H11BrClNO5S/c1-22-14(19)10-3-2-8(4-12(10)18)7-23(20,21)9-5-11(15)13(16)17-6-9/h2-6,18H,7H2,1H3. The van der Waals surface area contributed by atoms with E-state index in [0.29, 0.717) is 10.0 Å². The fraction of sp³-hybridized carbons (Fsp3) is 0.143. The second-order valence-corrected chi connectivity index (χ2v) is 7.75. The Kier molecular flexibility index (Phi) is 5.28. The van der Waals surface area contributed by atoms with Crippen molar-refractivity contribution >= 4 is 43.3 Å². The number of phenolic OH excluding ortho intramolecular Hbond substituents is 1. The van der Waals surface area contributed by atoms with Gasteiger partial charge < -0.3 is 9.84 Å². The van der Waals surface area contributed by atoms with Gasteiger partial charge in [0.15, 0.2) is 9.84 Å². The molecule has 2 aromatic rings. The third-order valence-corrected chi connectivity index (χ3v) is 5.74. The summed E-state index contributed by atoms with van der Waals surface area (Å²) < 4.78 is 29.6. The van der Waals surface area contributed by atoms with Crippen molar-refractivity contribution in [3.05, 3.63) is 51.2 Å². The van der Waals surface area contributed by atoms with Crippen molar-refractivity contribution in [2.24, 2.45) is 0 Å². The Morgan fingerprint density at radius 3 is 2.65 bits per heavy atom. The number of methoxy groups -OCH3 is 1. The minimum atomic E-state index is -3.69. The van der Waals surface area contributed by atoms with E-state index in [1.807, 2.05) is 0 Å². The van der Waals surface area contributed by atoms with Crippen molar-refractivity contribution in [3.8, 4) is 5.75 Å². The number of halogens is 2. The Hall–Kier alpha value is -1.64. The minimum Gasteiger partial charge on any atom is -0.507 e. The zero-order valence-electron chi connectivity index (χ0n) is 11.8. The molecule has 0 saturated carbocycles. The van der Waals surface area contributed by atoms with E-state index >= 15 is 0 Å². The van der Waals surface area contributed by atoms with Crippen LogP contribution < -0.4 is 0 Å². The topological polar surface area (TPSA) is 93.6 Å². The van der Waals surface area contributed by atoms with E-state index in [9.17, 15) is 18.3 Å². The van der Waals surface area contributed by atoms with Gasteiger partial charge in [-0.3, -0.25) is 0 Å². The summed E-state index contributed by atoms with van der Waals surface area (Å²) in [5.74, 6) is -1.42. The smallest absolute Gasteiger partial charge is 0.341 e. The molecule has 1 heterocycles. The molecule has 0 unspecified atom stereocenters. The zero-order chi connectivity index (χ0) is 17.2. The molecule has 0 aliphatic heterocycles. The average molecular weight is 421 g/mol. The summed E-state index contributed by atoms with van der Waals surface area (Å²) >= 11 is 8.86. The minimum absolute atomic E-state index is 0.00897. The van der Waals surface area contributed by atoms with Crippen molar-refractivity contribution in [2.45, 2.75) is 10.6 Å². The predicted octanol–water partition coefficient (Wildman–Crippen LogP) is 2.96. The van der Waals surface area contributed by atoms with Gasteiger partial charge in [0, 0.05) is 6.20 Å². The third-order valence-electron chi connectivity index (χ3n) is 2.95. The summed E-state index contributed by atoms with van der Waals surface area (Å²) in [4.78, 5) is 15.2. The van der Waals surface area contributed by atoms with Crippen molar-refractivity contribution in [1.82, 2.24) is 4.98 Å². The molecule has 0 fully saturated rings. The van der Waals surface area contributed by atoms with Gasteiger partial charge in [-0.1, -0.05) is 17.7 Å². The molecule has 1 N–H and O–H groups in total. The van der Waals surface area contributed by atoms with E-state index < -0.39 is 15.8 Å². The first-order chi connectivity index (χ1) is 10.7. The number of carbonyl (C=O) groups is 1. The fourth-order valence-corrected chi connectivity index (χ4v) is 3.73. The molecular weight excluding hydrogens is 410 g/mol. The largest absolute Gasteiger partial charge is 0.507 e. The van der Waals surface area contributed by atoms with Gasteiger partial charge in [0.05, 0.1) is 22.2 Å². The van der Waals surface area contributed by atoms with Crippen molar-refractivity contribution in [2.75, 3.05) is 7.11 Å². The van der Waals surface area contributed by atoms with Gasteiger partial charge in [-0.05, 0) is 39.7 Å². The van der Waals surface area contributed by atoms with Crippen LogP contribution in [-0.2, 0) is 20.3 Å². The SMILES string of the molecule is COC(=O)c1ccc(CS(=O)(=O)c2cnc(Cl)c(Br)c2)cc1O. The number of carbonyl (C=O) groups excluding carboxylic acids is 1. The predicted molar refractivity (Wildman–Crippen MR) is 87.3 cm³/mol. The number of phenols is 1. The van der Waals surface area contributed by atoms with Crippen LogP contribution in [0.2, 0.25) is 5.15 Å². The summed E-state index contributed by atoms with van der Waals surface area (Å²) in [6, 6.07) is 5.31. The number of pyridine rings is 1. The summed E-state index contributed by atoms with van der Waals surface area (Å²) in [5.41, 5.74) is 0.283. The molecule has 0 bridgehead atoms. The average Bonchev–Trinajstić information content (AvgIpc) is 2.49. The maximum atomic E-state index is 12.4. The molecule has 9 heteroatoms. The second kappa shape index (κ2) is 6.86. The quantitative estimate of drug-likeness (QED) is 0.604. The van der Waals surface area contributed by atoms with Gasteiger partial charge in [-0.2, -0.15) is 0 Å². The number of sulfone groups is 1. The summed E-state index contributed by atoms with van der Waals surface area (Å²) in [7, 11) is -2.50. The normalized spacial score (nSPS) is 11.3. The Balaban J connectivity index is 2.32. The molecule has 23 heavy (non-hydrogen) atoms. The van der Waals surface area contributed by atoms with Crippen LogP contribution in [0.1, 0.15) is 15.9 Å². The van der Waals surface area contributed by atoms with Crippen LogP contribution in [-0.4, -0.2) is 31.6 Å². The summed E-state index contributed by atoms with van der Waals surface area (Å²) in [6.45, 7) is 0. The van der Waals surface area contributed by atoms with E-state index in [0.717, 1.165) is 6.20 Å². The molecule has 0 atom stereocenters. The molecular formula is C14H11BrClNO5S. The Labute approximate surface area is 146 Å². The highest BCUT2D eigenvalue weighted by Gasteiger charge is 2.19. The number of rotatable bonds is 4. The number of ether oxygens (including phenoxy) is 1. The number of aromatic nitrogens is 1. The molecule has 0 aliphatic rings. The Bertz CT molecular complexity index is 869. The van der Waals surface area contributed by atoms with Gasteiger partial charge in [0.1, 0.15) is 16.5 Å². The molecule has 0 aliphatic carbocycles. The molecule has 1 aromatic carbocycles. The van der Waals surface area contributed by atoms with Gasteiger partial charge >= 0.3 is 5.97 Å². The van der Waals surface area contributed by atoms with Crippen LogP contribution in [0, 0.1) is 0 Å². The van der Waals surface area contributed by atoms with Crippen LogP contribution in [0.25, 0.3) is 0 Å². The molecule has 122 valence electrons. The summed E-state index contributed by atoms with van der Waals surface area (Å²) in [6.07, 6.45) is 1.16. The molecule has 0 radical (unpaired) electrons. The van der Waals surface area contributed by atoms with Crippen molar-refractivity contribution in [3.63, 3.8) is 0 Å². The molecule has 1 aromatic heterocycles. The Morgan fingerprint density at radius 2 is 2.09 bits per heavy atom. The van der Waals surface area contributed by atoms with Crippen LogP contribution in [0.3, 0.4) is 0 Å². The highest BCUT2D eigenvalue weighted by molar-refractivity contribution is 9.10. The van der Waals surface area contributed by atoms with Crippen LogP contribution >= 0.6 is 27.5 Å². The second-order valence-electron chi connectivity index (χ2n) is 4.55. The van der Waals surface area contributed by atoms with Crippen molar-refractivity contribution in [1.29, 1.82) is 0 Å². The number of aromatic hydroxyl groups is 1. The number of hydrogen-bond acceptors (Lipinski definition) is 6. The first kappa shape index (κ1) is 17.7. The third kappa shape index (κ3) is 4.01. The molecule has 0 spiro atoms. The van der Waals surface area contributed by atoms with Gasteiger partial charge in [-0.15, -0.1) is 0 Å². The molecule has 2 rings (SSSR count). The van der Waals surface area contributed by atoms with Gasteiger partial charge in [-0.25, -0.2) is 18.2 Å². The van der Waals surface area contributed by atoms with Gasteiger partial charge in [0.2, 0.25) is 0 Å². The molecule has 6 nitrogen and oxygen atoms in total. The lowest BCUT2D eigenvalue weighted by Gasteiger charge is -2.08. The first-order valence-corrected chi connectivity index (χ1v) is 9.01. The number of esters is 1. The highest BCUT2D eigenvalue weighted by Crippen LogP contribution is 2.26. The first-order valence-electron chi connectivity index (χ1n) is 6.18. The Morgan fingerprint density at radius 1 is 1.39 bits per heavy atom. The number of hydrogen-bond donors (Lipinski definition) is 1. The van der Waals surface area contributed by atoms with Gasteiger partial charge in [0.25, 0.3) is 0 Å². The lowest BCUT2D eigenvalue weighted by Crippen LogP contribution is -2.07. The number of benzene rings is 1. The molecule has 0 saturated heterocycles. The van der Waals surface area contributed by atoms with E-state index in [1.165, 1.54) is 31.4 Å². The maximum absolute atomic E-state index is 12.4. The van der Waals surface area contributed by atoms with Crippen LogP contribution in [0.15, 0.2) is 39.8 Å². The van der Waals surface area contributed by atoms with Crippen LogP contribution in [0.4, 0.5) is 0 Å². The monoisotopic (exact) mass is 419 g/mol. The van der Waals surface area contributed by atoms with E-state index in [-0.39, 0.29) is 27.1 Å². The lowest BCUT2D eigenvalue weighted by molar-refractivity contribution is 0.0597. The van der Waals surface area contributed by atoms with E-state index in [4.69, 9.17) is 11.6 Å². The van der Waals surface area contributed by atoms with Crippen molar-refractivity contribution < 1.29 is 23.1 Å². The summed E-state index contributed by atoms with van der Waals surface area (Å²) in [5, 5.41) is 9.96. The number of nitrogens with zero attached hydrogens (tertiary/aromatic N) is 1. The van der Waals surface area contributed by atoms with E-state index in [2.05, 4.69) is 25.7 Å². The van der Waals surface area contributed by atoms with Crippen LogP contribution in [0.5, 0.6) is 5.75 Å². The maximum Gasteiger partial charge on any atom is 0.341 e.